The second kappa shape index (κ2) is 9.28. The van der Waals surface area contributed by atoms with Crippen molar-refractivity contribution in [2.24, 2.45) is 0 Å². The van der Waals surface area contributed by atoms with Crippen molar-refractivity contribution in [3.05, 3.63) is 0 Å². The zero-order chi connectivity index (χ0) is 14.1. The third-order valence-electron chi connectivity index (χ3n) is 2.95. The maximum absolute atomic E-state index is 11.8. The minimum atomic E-state index is -0.244. The molecule has 0 radical (unpaired) electrons. The van der Waals surface area contributed by atoms with E-state index in [2.05, 4.69) is 5.32 Å². The molecule has 1 saturated carbocycles. The fraction of sp³-hybridized carbons (Fsp3) is 0.929. The molecular formula is C14H27NO4. The molecule has 1 aliphatic rings. The Morgan fingerprint density at radius 1 is 1.32 bits per heavy atom. The highest BCUT2D eigenvalue weighted by molar-refractivity contribution is 5.75. The Labute approximate surface area is 116 Å². The van der Waals surface area contributed by atoms with E-state index in [-0.39, 0.29) is 18.1 Å². The van der Waals surface area contributed by atoms with Gasteiger partial charge < -0.3 is 19.5 Å². The lowest BCUT2D eigenvalue weighted by Gasteiger charge is -2.18. The molecule has 5 heteroatoms. The first-order valence-electron chi connectivity index (χ1n) is 7.29. The number of rotatable bonds is 11. The lowest BCUT2D eigenvalue weighted by Crippen LogP contribution is -2.40. The molecule has 2 unspecified atom stereocenters. The summed E-state index contributed by atoms with van der Waals surface area (Å²) in [6.07, 6.45) is 3.00. The lowest BCUT2D eigenvalue weighted by molar-refractivity contribution is -0.146. The summed E-state index contributed by atoms with van der Waals surface area (Å²) in [4.78, 5) is 11.8. The van der Waals surface area contributed by atoms with E-state index in [4.69, 9.17) is 14.2 Å². The largest absolute Gasteiger partial charge is 0.465 e. The monoisotopic (exact) mass is 273 g/mol. The predicted molar refractivity (Wildman–Crippen MR) is 73.1 cm³/mol. The number of carbonyl (C=O) groups excluding carboxylic acids is 1. The quantitative estimate of drug-likeness (QED) is 0.578. The Hall–Kier alpha value is -0.650. The van der Waals surface area contributed by atoms with E-state index in [0.717, 1.165) is 12.8 Å². The fourth-order valence-electron chi connectivity index (χ4n) is 1.77. The van der Waals surface area contributed by atoms with Crippen LogP contribution in [-0.4, -0.2) is 50.6 Å². The molecule has 0 aliphatic heterocycles. The standard InChI is InChI=1S/C14H27NO4/c1-4-17-10-11(3)19-9-8-13(14(16)18-5-2)15-12-6-7-12/h11-13,15H,4-10H2,1-3H3. The third-order valence-corrected chi connectivity index (χ3v) is 2.95. The van der Waals surface area contributed by atoms with Crippen LogP contribution in [0.25, 0.3) is 0 Å². The Morgan fingerprint density at radius 3 is 2.63 bits per heavy atom. The fourth-order valence-corrected chi connectivity index (χ4v) is 1.77. The molecule has 112 valence electrons. The maximum atomic E-state index is 11.8. The molecule has 0 spiro atoms. The normalized spacial score (nSPS) is 18.1. The molecule has 19 heavy (non-hydrogen) atoms. The van der Waals surface area contributed by atoms with Gasteiger partial charge in [-0.15, -0.1) is 0 Å². The number of esters is 1. The molecule has 0 aromatic rings. The zero-order valence-electron chi connectivity index (χ0n) is 12.3. The van der Waals surface area contributed by atoms with Crippen molar-refractivity contribution in [1.82, 2.24) is 5.32 Å². The van der Waals surface area contributed by atoms with E-state index in [0.29, 0.717) is 38.9 Å². The van der Waals surface area contributed by atoms with Gasteiger partial charge in [0.1, 0.15) is 6.04 Å². The minimum absolute atomic E-state index is 0.0590. The molecule has 0 aromatic carbocycles. The molecule has 0 heterocycles. The van der Waals surface area contributed by atoms with Crippen molar-refractivity contribution in [3.8, 4) is 0 Å². The molecule has 1 aliphatic carbocycles. The molecule has 2 atom stereocenters. The number of carbonyl (C=O) groups is 1. The first-order chi connectivity index (χ1) is 9.17. The van der Waals surface area contributed by atoms with Crippen molar-refractivity contribution >= 4 is 5.97 Å². The van der Waals surface area contributed by atoms with Crippen LogP contribution in [0.2, 0.25) is 0 Å². The topological polar surface area (TPSA) is 56.8 Å². The van der Waals surface area contributed by atoms with Crippen LogP contribution in [0, 0.1) is 0 Å². The van der Waals surface area contributed by atoms with Gasteiger partial charge in [-0.05, 0) is 40.0 Å². The summed E-state index contributed by atoms with van der Waals surface area (Å²) in [5.41, 5.74) is 0. The summed E-state index contributed by atoms with van der Waals surface area (Å²) in [7, 11) is 0. The van der Waals surface area contributed by atoms with Crippen LogP contribution < -0.4 is 5.32 Å². The van der Waals surface area contributed by atoms with Gasteiger partial charge in [-0.25, -0.2) is 0 Å². The predicted octanol–water partition coefficient (Wildman–Crippen LogP) is 1.50. The van der Waals surface area contributed by atoms with Gasteiger partial charge in [-0.2, -0.15) is 0 Å². The van der Waals surface area contributed by atoms with Gasteiger partial charge in [-0.1, -0.05) is 0 Å². The van der Waals surface area contributed by atoms with Crippen molar-refractivity contribution in [2.45, 2.75) is 58.2 Å². The number of nitrogens with one attached hydrogen (secondary N) is 1. The molecule has 0 bridgehead atoms. The highest BCUT2D eigenvalue weighted by Gasteiger charge is 2.29. The second-order valence-electron chi connectivity index (χ2n) is 4.88. The van der Waals surface area contributed by atoms with Crippen LogP contribution in [0.15, 0.2) is 0 Å². The molecule has 5 nitrogen and oxygen atoms in total. The number of hydrogen-bond acceptors (Lipinski definition) is 5. The van der Waals surface area contributed by atoms with Gasteiger partial charge in [0, 0.05) is 19.3 Å². The molecular weight excluding hydrogens is 246 g/mol. The Morgan fingerprint density at radius 2 is 2.05 bits per heavy atom. The molecule has 1 N–H and O–H groups in total. The van der Waals surface area contributed by atoms with Gasteiger partial charge in [0.15, 0.2) is 0 Å². The summed E-state index contributed by atoms with van der Waals surface area (Å²) in [6, 6.07) is 0.238. The highest BCUT2D eigenvalue weighted by Crippen LogP contribution is 2.20. The smallest absolute Gasteiger partial charge is 0.323 e. The minimum Gasteiger partial charge on any atom is -0.465 e. The van der Waals surface area contributed by atoms with Crippen LogP contribution in [0.5, 0.6) is 0 Å². The van der Waals surface area contributed by atoms with E-state index in [1.165, 1.54) is 0 Å². The Bertz CT molecular complexity index is 256. The first-order valence-corrected chi connectivity index (χ1v) is 7.29. The molecule has 0 aromatic heterocycles. The first kappa shape index (κ1) is 16.4. The summed E-state index contributed by atoms with van der Waals surface area (Å²) in [5.74, 6) is -0.171. The third kappa shape index (κ3) is 7.50. The van der Waals surface area contributed by atoms with Crippen molar-refractivity contribution in [2.75, 3.05) is 26.4 Å². The molecule has 1 rings (SSSR count). The second-order valence-corrected chi connectivity index (χ2v) is 4.88. The maximum Gasteiger partial charge on any atom is 0.323 e. The molecule has 1 fully saturated rings. The summed E-state index contributed by atoms with van der Waals surface area (Å²) in [5, 5.41) is 3.31. The van der Waals surface area contributed by atoms with Gasteiger partial charge >= 0.3 is 5.97 Å². The number of ether oxygens (including phenoxy) is 3. The van der Waals surface area contributed by atoms with Crippen LogP contribution in [0.1, 0.15) is 40.0 Å². The van der Waals surface area contributed by atoms with E-state index < -0.39 is 0 Å². The van der Waals surface area contributed by atoms with Gasteiger partial charge in [0.25, 0.3) is 0 Å². The van der Waals surface area contributed by atoms with Crippen molar-refractivity contribution < 1.29 is 19.0 Å². The highest BCUT2D eigenvalue weighted by atomic mass is 16.5. The molecule has 0 saturated heterocycles. The van der Waals surface area contributed by atoms with Crippen LogP contribution in [0.3, 0.4) is 0 Å². The van der Waals surface area contributed by atoms with E-state index in [9.17, 15) is 4.79 Å². The lowest BCUT2D eigenvalue weighted by atomic mass is 10.2. The van der Waals surface area contributed by atoms with Gasteiger partial charge in [0.05, 0.1) is 19.3 Å². The molecule has 0 amide bonds. The summed E-state index contributed by atoms with van der Waals surface area (Å²) >= 11 is 0. The summed E-state index contributed by atoms with van der Waals surface area (Å²) in [6.45, 7) is 8.01. The van der Waals surface area contributed by atoms with E-state index in [1.54, 1.807) is 0 Å². The summed E-state index contributed by atoms with van der Waals surface area (Å²) < 4.78 is 16.0. The van der Waals surface area contributed by atoms with E-state index >= 15 is 0 Å². The van der Waals surface area contributed by atoms with Crippen LogP contribution in [-0.2, 0) is 19.0 Å². The van der Waals surface area contributed by atoms with Gasteiger partial charge in [-0.3, -0.25) is 4.79 Å². The average Bonchev–Trinajstić information content (AvgIpc) is 3.19. The van der Waals surface area contributed by atoms with Crippen LogP contribution >= 0.6 is 0 Å². The Balaban J connectivity index is 2.21. The number of hydrogen-bond donors (Lipinski definition) is 1. The van der Waals surface area contributed by atoms with Gasteiger partial charge in [0.2, 0.25) is 0 Å². The van der Waals surface area contributed by atoms with Crippen molar-refractivity contribution in [3.63, 3.8) is 0 Å². The zero-order valence-corrected chi connectivity index (χ0v) is 12.3. The SMILES string of the molecule is CCOCC(C)OCCC(NC1CC1)C(=O)OCC. The van der Waals surface area contributed by atoms with Crippen LogP contribution in [0.4, 0.5) is 0 Å². The Kier molecular flexibility index (Phi) is 8.02. The average molecular weight is 273 g/mol. The van der Waals surface area contributed by atoms with E-state index in [1.807, 2.05) is 20.8 Å². The van der Waals surface area contributed by atoms with Crippen molar-refractivity contribution in [1.29, 1.82) is 0 Å².